The molecule has 1 aromatic carbocycles. The molecule has 5 nitrogen and oxygen atoms in total. The van der Waals surface area contributed by atoms with E-state index in [1.54, 1.807) is 6.92 Å². The molecule has 0 spiro atoms. The number of nitrogens with zero attached hydrogens (tertiary/aromatic N) is 1. The van der Waals surface area contributed by atoms with Gasteiger partial charge in [-0.2, -0.15) is 0 Å². The lowest BCUT2D eigenvalue weighted by molar-refractivity contribution is -0.117. The summed E-state index contributed by atoms with van der Waals surface area (Å²) in [6.07, 6.45) is 2.60. The average Bonchev–Trinajstić information content (AvgIpc) is 2.94. The Morgan fingerprint density at radius 1 is 1.35 bits per heavy atom. The quantitative estimate of drug-likeness (QED) is 0.814. The zero-order chi connectivity index (χ0) is 15.2. The van der Waals surface area contributed by atoms with Crippen molar-refractivity contribution in [1.82, 2.24) is 4.90 Å². The predicted octanol–water partition coefficient (Wildman–Crippen LogP) is 2.60. The fraction of sp³-hybridized carbons (Fsp3) is 0.562. The summed E-state index contributed by atoms with van der Waals surface area (Å²) in [5.41, 5.74) is 7.30. The van der Waals surface area contributed by atoms with Crippen LogP contribution in [0.25, 0.3) is 0 Å². The van der Waals surface area contributed by atoms with Crippen molar-refractivity contribution in [3.63, 3.8) is 0 Å². The van der Waals surface area contributed by atoms with Crippen LogP contribution in [-0.4, -0.2) is 43.1 Å². The minimum absolute atomic E-state index is 0. The first-order chi connectivity index (χ1) is 10.1. The average molecular weight is 364 g/mol. The zero-order valence-corrected chi connectivity index (χ0v) is 15.3. The zero-order valence-electron chi connectivity index (χ0n) is 13.7. The van der Waals surface area contributed by atoms with Gasteiger partial charge in [0.25, 0.3) is 0 Å². The van der Waals surface area contributed by atoms with E-state index in [9.17, 15) is 4.79 Å². The fourth-order valence-electron chi connectivity index (χ4n) is 2.44. The third-order valence-corrected chi connectivity index (χ3v) is 3.72. The maximum atomic E-state index is 11.6. The number of anilines is 1. The summed E-state index contributed by atoms with van der Waals surface area (Å²) in [7, 11) is 0. The Balaban J connectivity index is 0.00000242. The van der Waals surface area contributed by atoms with Crippen molar-refractivity contribution in [3.8, 4) is 5.75 Å². The molecule has 1 atom stereocenters. The van der Waals surface area contributed by atoms with E-state index in [0.717, 1.165) is 23.5 Å². The molecular weight excluding hydrogens is 337 g/mol. The van der Waals surface area contributed by atoms with Crippen molar-refractivity contribution < 1.29 is 9.53 Å². The van der Waals surface area contributed by atoms with Gasteiger partial charge in [-0.1, -0.05) is 0 Å². The topological polar surface area (TPSA) is 67.6 Å². The van der Waals surface area contributed by atoms with Gasteiger partial charge >= 0.3 is 0 Å². The summed E-state index contributed by atoms with van der Waals surface area (Å²) in [6, 6.07) is 5.14. The van der Waals surface area contributed by atoms with Gasteiger partial charge in [0.15, 0.2) is 0 Å². The van der Waals surface area contributed by atoms with Crippen molar-refractivity contribution in [3.05, 3.63) is 23.8 Å². The molecule has 1 amide bonds. The first-order valence-corrected chi connectivity index (χ1v) is 7.58. The molecule has 23 heavy (non-hydrogen) atoms. The maximum absolute atomic E-state index is 11.6. The molecule has 7 heteroatoms. The number of halogens is 2. The van der Waals surface area contributed by atoms with Crippen LogP contribution in [0.2, 0.25) is 0 Å². The largest absolute Gasteiger partial charge is 0.492 e. The van der Waals surface area contributed by atoms with E-state index in [0.29, 0.717) is 6.61 Å². The molecule has 1 saturated heterocycles. The smallest absolute Gasteiger partial charge is 0.240 e. The van der Waals surface area contributed by atoms with E-state index in [4.69, 9.17) is 10.5 Å². The number of ether oxygens (including phenoxy) is 1. The number of carbonyl (C=O) groups is 1. The fourth-order valence-corrected chi connectivity index (χ4v) is 2.44. The molecule has 3 N–H and O–H groups in total. The Bertz CT molecular complexity index is 492. The molecular formula is C16H27Cl2N3O2. The lowest BCUT2D eigenvalue weighted by Gasteiger charge is -2.16. The van der Waals surface area contributed by atoms with Crippen molar-refractivity contribution in [2.75, 3.05) is 31.6 Å². The standard InChI is InChI=1S/C16H25N3O2.2ClH/c1-12-11-14(18-16(20)13(2)17)5-6-15(12)21-10-9-19-7-3-4-8-19;;/h5-6,11,13H,3-4,7-10,17H2,1-2H3,(H,18,20);2*1H/t13-;;/m1../s1. The van der Waals surface area contributed by atoms with Crippen molar-refractivity contribution in [2.45, 2.75) is 32.7 Å². The summed E-state index contributed by atoms with van der Waals surface area (Å²) >= 11 is 0. The number of hydrogen-bond donors (Lipinski definition) is 2. The number of carbonyl (C=O) groups excluding carboxylic acids is 1. The Morgan fingerprint density at radius 3 is 2.57 bits per heavy atom. The van der Waals surface area contributed by atoms with Gasteiger partial charge in [0.1, 0.15) is 12.4 Å². The second-order valence-electron chi connectivity index (χ2n) is 5.66. The minimum atomic E-state index is -0.512. The molecule has 1 aromatic rings. The van der Waals surface area contributed by atoms with Crippen LogP contribution in [0, 0.1) is 6.92 Å². The summed E-state index contributed by atoms with van der Waals surface area (Å²) < 4.78 is 5.83. The van der Waals surface area contributed by atoms with E-state index < -0.39 is 6.04 Å². The molecule has 1 aliphatic heterocycles. The Hall–Kier alpha value is -1.01. The van der Waals surface area contributed by atoms with Gasteiger partial charge in [-0.3, -0.25) is 9.69 Å². The molecule has 0 saturated carbocycles. The van der Waals surface area contributed by atoms with Crippen molar-refractivity contribution in [1.29, 1.82) is 0 Å². The SMILES string of the molecule is Cc1cc(NC(=O)[C@@H](C)N)ccc1OCCN1CCCC1.Cl.Cl. The van der Waals surface area contributed by atoms with Gasteiger partial charge in [-0.15, -0.1) is 24.8 Å². The second-order valence-corrected chi connectivity index (χ2v) is 5.66. The Kier molecular flexibility index (Phi) is 10.2. The van der Waals surface area contributed by atoms with Gasteiger partial charge in [0.05, 0.1) is 6.04 Å². The van der Waals surface area contributed by atoms with Gasteiger partial charge < -0.3 is 15.8 Å². The van der Waals surface area contributed by atoms with Gasteiger partial charge in [-0.25, -0.2) is 0 Å². The van der Waals surface area contributed by atoms with Crippen LogP contribution in [0.3, 0.4) is 0 Å². The molecule has 0 unspecified atom stereocenters. The molecule has 0 radical (unpaired) electrons. The van der Waals surface area contributed by atoms with Crippen LogP contribution in [0.4, 0.5) is 5.69 Å². The molecule has 0 bridgehead atoms. The van der Waals surface area contributed by atoms with Crippen molar-refractivity contribution in [2.24, 2.45) is 5.73 Å². The van der Waals surface area contributed by atoms with E-state index in [1.165, 1.54) is 25.9 Å². The van der Waals surface area contributed by atoms with Crippen LogP contribution in [0.1, 0.15) is 25.3 Å². The first-order valence-electron chi connectivity index (χ1n) is 7.58. The number of benzene rings is 1. The minimum Gasteiger partial charge on any atom is -0.492 e. The number of aryl methyl sites for hydroxylation is 1. The summed E-state index contributed by atoms with van der Waals surface area (Å²) in [5, 5.41) is 2.78. The molecule has 1 fully saturated rings. The number of likely N-dealkylation sites (tertiary alicyclic amines) is 1. The number of amides is 1. The van der Waals surface area contributed by atoms with E-state index in [2.05, 4.69) is 10.2 Å². The highest BCUT2D eigenvalue weighted by Crippen LogP contribution is 2.22. The number of rotatable bonds is 6. The highest BCUT2D eigenvalue weighted by molar-refractivity contribution is 5.94. The monoisotopic (exact) mass is 363 g/mol. The van der Waals surface area contributed by atoms with Crippen LogP contribution >= 0.6 is 24.8 Å². The van der Waals surface area contributed by atoms with E-state index >= 15 is 0 Å². The number of nitrogens with two attached hydrogens (primary N) is 1. The molecule has 132 valence electrons. The maximum Gasteiger partial charge on any atom is 0.240 e. The first kappa shape index (κ1) is 22.0. The number of nitrogens with one attached hydrogen (secondary N) is 1. The van der Waals surface area contributed by atoms with Crippen LogP contribution in [0.15, 0.2) is 18.2 Å². The molecule has 0 aliphatic carbocycles. The lowest BCUT2D eigenvalue weighted by Crippen LogP contribution is -2.32. The van der Waals surface area contributed by atoms with Gasteiger partial charge in [-0.05, 0) is 63.5 Å². The van der Waals surface area contributed by atoms with Crippen LogP contribution in [0.5, 0.6) is 5.75 Å². The van der Waals surface area contributed by atoms with Gasteiger partial charge in [0.2, 0.25) is 5.91 Å². The van der Waals surface area contributed by atoms with E-state index in [-0.39, 0.29) is 30.7 Å². The lowest BCUT2D eigenvalue weighted by atomic mass is 10.2. The highest BCUT2D eigenvalue weighted by Gasteiger charge is 2.12. The summed E-state index contributed by atoms with van der Waals surface area (Å²) in [5.74, 6) is 0.685. The highest BCUT2D eigenvalue weighted by atomic mass is 35.5. The molecule has 0 aromatic heterocycles. The van der Waals surface area contributed by atoms with Crippen molar-refractivity contribution >= 4 is 36.4 Å². The normalized spacial score (nSPS) is 15.3. The van der Waals surface area contributed by atoms with Gasteiger partial charge in [0, 0.05) is 12.2 Å². The molecule has 1 aliphatic rings. The molecule has 2 rings (SSSR count). The molecule has 1 heterocycles. The Morgan fingerprint density at radius 2 is 2.00 bits per heavy atom. The number of hydrogen-bond acceptors (Lipinski definition) is 4. The summed E-state index contributed by atoms with van der Waals surface area (Å²) in [4.78, 5) is 14.0. The van der Waals surface area contributed by atoms with Crippen LogP contribution in [-0.2, 0) is 4.79 Å². The second kappa shape index (κ2) is 10.7. The van der Waals surface area contributed by atoms with E-state index in [1.807, 2.05) is 25.1 Å². The third kappa shape index (κ3) is 6.96. The Labute approximate surface area is 150 Å². The third-order valence-electron chi connectivity index (χ3n) is 3.72. The van der Waals surface area contributed by atoms with Crippen LogP contribution < -0.4 is 15.8 Å². The predicted molar refractivity (Wildman–Crippen MR) is 99.1 cm³/mol. The summed E-state index contributed by atoms with van der Waals surface area (Å²) in [6.45, 7) is 7.69.